The Morgan fingerprint density at radius 1 is 1.17 bits per heavy atom. The number of sulfone groups is 1. The van der Waals surface area contributed by atoms with Crippen LogP contribution in [0, 0.1) is 5.82 Å². The van der Waals surface area contributed by atoms with Crippen molar-refractivity contribution in [1.29, 1.82) is 0 Å². The molecule has 0 radical (unpaired) electrons. The van der Waals surface area contributed by atoms with Gasteiger partial charge in [0.05, 0.1) is 10.4 Å². The van der Waals surface area contributed by atoms with E-state index in [0.29, 0.717) is 5.56 Å². The molecule has 3 N–H and O–H groups in total. The maximum absolute atomic E-state index is 13.8. The Kier molecular flexibility index (Phi) is 5.44. The standard InChI is InChI=1S/C21H25FN2O4S/c1-20(2,3)28-19(25)24-21(13-23)17(14-8-7-9-15(22)12-14)18(21)29(26,27)16-10-5-4-6-11-16/h4-12,17-18H,13,23H2,1-3H3,(H,24,25)/t17-,18-,21-/m0/s1. The predicted molar refractivity (Wildman–Crippen MR) is 108 cm³/mol. The molecule has 3 atom stereocenters. The van der Waals surface area contributed by atoms with Crippen molar-refractivity contribution in [2.75, 3.05) is 6.54 Å². The monoisotopic (exact) mass is 420 g/mol. The van der Waals surface area contributed by atoms with E-state index < -0.39 is 44.1 Å². The minimum Gasteiger partial charge on any atom is -0.444 e. The molecule has 8 heteroatoms. The van der Waals surface area contributed by atoms with E-state index in [1.54, 1.807) is 45.0 Å². The summed E-state index contributed by atoms with van der Waals surface area (Å²) in [6.07, 6.45) is -0.768. The van der Waals surface area contributed by atoms with Crippen molar-refractivity contribution in [3.63, 3.8) is 0 Å². The zero-order valence-electron chi connectivity index (χ0n) is 16.6. The average molecular weight is 421 g/mol. The summed E-state index contributed by atoms with van der Waals surface area (Å²) in [7, 11) is -3.86. The Morgan fingerprint density at radius 3 is 2.38 bits per heavy atom. The molecule has 1 amide bonds. The third kappa shape index (κ3) is 4.13. The van der Waals surface area contributed by atoms with E-state index in [0.717, 1.165) is 0 Å². The third-order valence-corrected chi connectivity index (χ3v) is 7.23. The first kappa shape index (κ1) is 21.3. The number of amides is 1. The van der Waals surface area contributed by atoms with Crippen molar-refractivity contribution < 1.29 is 22.3 Å². The van der Waals surface area contributed by atoms with E-state index >= 15 is 0 Å². The fourth-order valence-electron chi connectivity index (χ4n) is 3.73. The van der Waals surface area contributed by atoms with Crippen LogP contribution >= 0.6 is 0 Å². The van der Waals surface area contributed by atoms with Crippen LogP contribution in [0.15, 0.2) is 59.5 Å². The highest BCUT2D eigenvalue weighted by Crippen LogP contribution is 2.57. The number of alkyl carbamates (subject to hydrolysis) is 1. The van der Waals surface area contributed by atoms with Gasteiger partial charge in [0.2, 0.25) is 0 Å². The van der Waals surface area contributed by atoms with Gasteiger partial charge in [-0.05, 0) is 50.6 Å². The van der Waals surface area contributed by atoms with Crippen LogP contribution in [0.1, 0.15) is 32.3 Å². The van der Waals surface area contributed by atoms with Crippen LogP contribution in [0.3, 0.4) is 0 Å². The van der Waals surface area contributed by atoms with Crippen molar-refractivity contribution in [1.82, 2.24) is 5.32 Å². The molecule has 0 saturated heterocycles. The van der Waals surface area contributed by atoms with Crippen molar-refractivity contribution in [2.24, 2.45) is 5.73 Å². The van der Waals surface area contributed by atoms with Gasteiger partial charge >= 0.3 is 6.09 Å². The van der Waals surface area contributed by atoms with Gasteiger partial charge in [0.1, 0.15) is 16.7 Å². The molecule has 6 nitrogen and oxygen atoms in total. The van der Waals surface area contributed by atoms with Gasteiger partial charge in [0.25, 0.3) is 0 Å². The molecule has 1 aliphatic rings. The summed E-state index contributed by atoms with van der Waals surface area (Å²) < 4.78 is 45.9. The fraction of sp³-hybridized carbons (Fsp3) is 0.381. The summed E-state index contributed by atoms with van der Waals surface area (Å²) in [6, 6.07) is 13.6. The van der Waals surface area contributed by atoms with Gasteiger partial charge < -0.3 is 15.8 Å². The molecule has 3 rings (SSSR count). The Balaban J connectivity index is 2.04. The van der Waals surface area contributed by atoms with Gasteiger partial charge in [-0.3, -0.25) is 0 Å². The average Bonchev–Trinajstić information content (AvgIpc) is 3.30. The number of halogens is 1. The Bertz CT molecular complexity index is 1000. The second-order valence-electron chi connectivity index (χ2n) is 8.18. The predicted octanol–water partition coefficient (Wildman–Crippen LogP) is 2.99. The number of carbonyl (C=O) groups excluding carboxylic acids is 1. The van der Waals surface area contributed by atoms with E-state index in [1.807, 2.05) is 0 Å². The Morgan fingerprint density at radius 2 is 1.83 bits per heavy atom. The molecule has 1 aliphatic carbocycles. The molecule has 0 bridgehead atoms. The molecule has 1 saturated carbocycles. The third-order valence-electron chi connectivity index (χ3n) is 4.94. The quantitative estimate of drug-likeness (QED) is 0.775. The topological polar surface area (TPSA) is 98.5 Å². The molecule has 0 spiro atoms. The molecule has 29 heavy (non-hydrogen) atoms. The highest BCUT2D eigenvalue weighted by Gasteiger charge is 2.71. The van der Waals surface area contributed by atoms with Crippen molar-refractivity contribution in [3.8, 4) is 0 Å². The minimum atomic E-state index is -3.86. The second kappa shape index (κ2) is 7.42. The van der Waals surface area contributed by atoms with Crippen molar-refractivity contribution in [2.45, 2.75) is 48.0 Å². The maximum Gasteiger partial charge on any atom is 0.408 e. The molecule has 2 aromatic rings. The largest absolute Gasteiger partial charge is 0.444 e. The molecule has 2 aromatic carbocycles. The van der Waals surface area contributed by atoms with E-state index in [9.17, 15) is 17.6 Å². The molecule has 0 unspecified atom stereocenters. The highest BCUT2D eigenvalue weighted by molar-refractivity contribution is 7.92. The Labute approximate surface area is 170 Å². The molecular formula is C21H25FN2O4S. The van der Waals surface area contributed by atoms with Crippen LogP contribution in [-0.2, 0) is 14.6 Å². The summed E-state index contributed by atoms with van der Waals surface area (Å²) in [5, 5.41) is 1.64. The number of hydrogen-bond acceptors (Lipinski definition) is 5. The second-order valence-corrected chi connectivity index (χ2v) is 10.3. The van der Waals surface area contributed by atoms with Gasteiger partial charge in [-0.1, -0.05) is 30.3 Å². The number of nitrogens with two attached hydrogens (primary N) is 1. The number of carbonyl (C=O) groups is 1. The van der Waals surface area contributed by atoms with Crippen LogP contribution in [0.2, 0.25) is 0 Å². The summed E-state index contributed by atoms with van der Waals surface area (Å²) >= 11 is 0. The molecule has 0 heterocycles. The van der Waals surface area contributed by atoms with E-state index in [1.165, 1.54) is 30.3 Å². The summed E-state index contributed by atoms with van der Waals surface area (Å²) in [4.78, 5) is 12.6. The maximum atomic E-state index is 13.8. The fourth-order valence-corrected chi connectivity index (χ4v) is 6.09. The number of rotatable bonds is 5. The number of nitrogens with one attached hydrogen (secondary N) is 1. The first-order chi connectivity index (χ1) is 13.5. The molecule has 156 valence electrons. The van der Waals surface area contributed by atoms with Crippen molar-refractivity contribution in [3.05, 3.63) is 66.0 Å². The smallest absolute Gasteiger partial charge is 0.408 e. The molecule has 1 fully saturated rings. The minimum absolute atomic E-state index is 0.118. The normalized spacial score (nSPS) is 24.0. The number of hydrogen-bond donors (Lipinski definition) is 2. The van der Waals surface area contributed by atoms with Crippen LogP contribution in [-0.4, -0.2) is 37.4 Å². The van der Waals surface area contributed by atoms with E-state index in [4.69, 9.17) is 10.5 Å². The van der Waals surface area contributed by atoms with Gasteiger partial charge in [0, 0.05) is 12.5 Å². The lowest BCUT2D eigenvalue weighted by molar-refractivity contribution is 0.0497. The summed E-state index contributed by atoms with van der Waals surface area (Å²) in [5.41, 5.74) is 4.37. The van der Waals surface area contributed by atoms with E-state index in [2.05, 4.69) is 5.32 Å². The Hall–Kier alpha value is -2.45. The number of benzene rings is 2. The first-order valence-electron chi connectivity index (χ1n) is 9.27. The lowest BCUT2D eigenvalue weighted by atomic mass is 10.1. The lowest BCUT2D eigenvalue weighted by Gasteiger charge is -2.24. The molecular weight excluding hydrogens is 395 g/mol. The first-order valence-corrected chi connectivity index (χ1v) is 10.8. The zero-order chi connectivity index (χ0) is 21.4. The van der Waals surface area contributed by atoms with Gasteiger partial charge in [0.15, 0.2) is 9.84 Å². The van der Waals surface area contributed by atoms with E-state index in [-0.39, 0.29) is 11.4 Å². The number of ether oxygens (including phenoxy) is 1. The van der Waals surface area contributed by atoms with Crippen LogP contribution < -0.4 is 11.1 Å². The van der Waals surface area contributed by atoms with Crippen LogP contribution in [0.25, 0.3) is 0 Å². The van der Waals surface area contributed by atoms with Crippen molar-refractivity contribution >= 4 is 15.9 Å². The zero-order valence-corrected chi connectivity index (χ0v) is 17.4. The van der Waals surface area contributed by atoms with Gasteiger partial charge in [-0.25, -0.2) is 17.6 Å². The van der Waals surface area contributed by atoms with Crippen LogP contribution in [0.5, 0.6) is 0 Å². The summed E-state index contributed by atoms with van der Waals surface area (Å²) in [6.45, 7) is 4.97. The highest BCUT2D eigenvalue weighted by atomic mass is 32.2. The molecule has 0 aromatic heterocycles. The van der Waals surface area contributed by atoms with Gasteiger partial charge in [-0.15, -0.1) is 0 Å². The SMILES string of the molecule is CC(C)(C)OC(=O)N[C@@]1(CN)[C@@H](c2cccc(F)c2)[C@@H]1S(=O)(=O)c1ccccc1. The molecule has 0 aliphatic heterocycles. The lowest BCUT2D eigenvalue weighted by Crippen LogP contribution is -2.49. The van der Waals surface area contributed by atoms with Crippen LogP contribution in [0.4, 0.5) is 9.18 Å². The van der Waals surface area contributed by atoms with Gasteiger partial charge in [-0.2, -0.15) is 0 Å². The summed E-state index contributed by atoms with van der Waals surface area (Å²) in [5.74, 6) is -1.20.